The number of imidazole rings is 1. The van der Waals surface area contributed by atoms with Crippen molar-refractivity contribution in [3.05, 3.63) is 24.5 Å². The fourth-order valence-electron chi connectivity index (χ4n) is 2.12. The van der Waals surface area contributed by atoms with E-state index in [9.17, 15) is 0 Å². The number of hydrogen-bond acceptors (Lipinski definition) is 2. The monoisotopic (exact) mass is 187 g/mol. The van der Waals surface area contributed by atoms with Gasteiger partial charge in [0.15, 0.2) is 0 Å². The molecule has 1 aromatic heterocycles. The van der Waals surface area contributed by atoms with Gasteiger partial charge >= 0.3 is 0 Å². The number of aromatic nitrogens is 2. The van der Waals surface area contributed by atoms with Crippen LogP contribution in [0.2, 0.25) is 0 Å². The molecule has 0 bridgehead atoms. The van der Waals surface area contributed by atoms with Gasteiger partial charge in [-0.25, -0.2) is 4.98 Å². The summed E-state index contributed by atoms with van der Waals surface area (Å²) in [6.45, 7) is 4.42. The summed E-state index contributed by atoms with van der Waals surface area (Å²) in [5, 5.41) is 3.50. The molecule has 2 aromatic rings. The van der Waals surface area contributed by atoms with E-state index in [1.54, 1.807) is 0 Å². The highest BCUT2D eigenvalue weighted by molar-refractivity contribution is 5.89. The summed E-state index contributed by atoms with van der Waals surface area (Å²) < 4.78 is 2.26. The van der Waals surface area contributed by atoms with Crippen molar-refractivity contribution in [2.45, 2.75) is 25.9 Å². The third-order valence-electron chi connectivity index (χ3n) is 3.14. The molecule has 72 valence electrons. The summed E-state index contributed by atoms with van der Waals surface area (Å²) in [5.41, 5.74) is 3.51. The summed E-state index contributed by atoms with van der Waals surface area (Å²) in [4.78, 5) is 4.40. The zero-order chi connectivity index (χ0) is 9.71. The van der Waals surface area contributed by atoms with Gasteiger partial charge in [0.2, 0.25) is 0 Å². The summed E-state index contributed by atoms with van der Waals surface area (Å²) in [7, 11) is 0. The Morgan fingerprint density at radius 2 is 2.21 bits per heavy atom. The van der Waals surface area contributed by atoms with E-state index in [-0.39, 0.29) is 0 Å². The Labute approximate surface area is 82.8 Å². The van der Waals surface area contributed by atoms with Gasteiger partial charge in [-0.15, -0.1) is 0 Å². The van der Waals surface area contributed by atoms with E-state index in [1.807, 2.05) is 12.4 Å². The van der Waals surface area contributed by atoms with Crippen LogP contribution in [0.1, 0.15) is 19.9 Å². The number of nitrogens with one attached hydrogen (secondary N) is 1. The Hall–Kier alpha value is -1.51. The van der Waals surface area contributed by atoms with Crippen molar-refractivity contribution in [3.8, 4) is 0 Å². The average molecular weight is 187 g/mol. The van der Waals surface area contributed by atoms with Gasteiger partial charge in [0.1, 0.15) is 0 Å². The van der Waals surface area contributed by atoms with Gasteiger partial charge in [-0.3, -0.25) is 0 Å². The fraction of sp³-hybridized carbons (Fsp3) is 0.364. The molecular formula is C11H13N3. The van der Waals surface area contributed by atoms with Crippen LogP contribution in [0, 0.1) is 0 Å². The van der Waals surface area contributed by atoms with Crippen LogP contribution in [0.25, 0.3) is 11.0 Å². The Morgan fingerprint density at radius 1 is 1.36 bits per heavy atom. The quantitative estimate of drug-likeness (QED) is 0.686. The second-order valence-corrected chi connectivity index (χ2v) is 4.00. The number of anilines is 1. The minimum Gasteiger partial charge on any atom is -0.379 e. The van der Waals surface area contributed by atoms with Gasteiger partial charge in [0.05, 0.1) is 29.1 Å². The van der Waals surface area contributed by atoms with Crippen molar-refractivity contribution in [2.75, 3.05) is 5.32 Å². The van der Waals surface area contributed by atoms with Gasteiger partial charge in [0.25, 0.3) is 0 Å². The third-order valence-corrected chi connectivity index (χ3v) is 3.14. The van der Waals surface area contributed by atoms with E-state index in [0.717, 1.165) is 5.52 Å². The van der Waals surface area contributed by atoms with Crippen molar-refractivity contribution < 1.29 is 0 Å². The minimum absolute atomic E-state index is 0.460. The molecule has 0 aliphatic carbocycles. The van der Waals surface area contributed by atoms with E-state index >= 15 is 0 Å². The summed E-state index contributed by atoms with van der Waals surface area (Å²) in [6, 6.07) is 7.14. The SMILES string of the molecule is CC1Nc2cccc3ncn(c23)C1C. The average Bonchev–Trinajstić information content (AvgIpc) is 2.60. The molecule has 1 aliphatic rings. The number of para-hydroxylation sites is 1. The van der Waals surface area contributed by atoms with Crippen LogP contribution in [-0.2, 0) is 0 Å². The standard InChI is InChI=1S/C11H13N3/c1-7-8(2)14-6-12-9-4-3-5-10(13-7)11(9)14/h3-8,13H,1-2H3. The highest BCUT2D eigenvalue weighted by Gasteiger charge is 2.23. The molecule has 0 spiro atoms. The normalized spacial score (nSPS) is 25.0. The minimum atomic E-state index is 0.460. The lowest BCUT2D eigenvalue weighted by Gasteiger charge is -2.29. The lowest BCUT2D eigenvalue weighted by Crippen LogP contribution is -2.30. The smallest absolute Gasteiger partial charge is 0.0962 e. The maximum Gasteiger partial charge on any atom is 0.0962 e. The first kappa shape index (κ1) is 7.85. The molecule has 0 radical (unpaired) electrons. The van der Waals surface area contributed by atoms with Gasteiger partial charge in [-0.05, 0) is 26.0 Å². The Kier molecular flexibility index (Phi) is 1.40. The van der Waals surface area contributed by atoms with Crippen molar-refractivity contribution in [2.24, 2.45) is 0 Å². The van der Waals surface area contributed by atoms with Crippen LogP contribution in [0.15, 0.2) is 24.5 Å². The van der Waals surface area contributed by atoms with Gasteiger partial charge in [0, 0.05) is 6.04 Å². The number of nitrogens with zero attached hydrogens (tertiary/aromatic N) is 2. The third kappa shape index (κ3) is 0.842. The molecule has 1 aliphatic heterocycles. The molecule has 0 fully saturated rings. The molecule has 2 atom stereocenters. The topological polar surface area (TPSA) is 29.9 Å². The predicted molar refractivity (Wildman–Crippen MR) is 57.5 cm³/mol. The van der Waals surface area contributed by atoms with E-state index in [4.69, 9.17) is 0 Å². The number of hydrogen-bond donors (Lipinski definition) is 1. The zero-order valence-corrected chi connectivity index (χ0v) is 8.36. The molecule has 1 N–H and O–H groups in total. The lowest BCUT2D eigenvalue weighted by molar-refractivity contribution is 0.488. The van der Waals surface area contributed by atoms with Crippen LogP contribution in [-0.4, -0.2) is 15.6 Å². The van der Waals surface area contributed by atoms with Crippen molar-refractivity contribution >= 4 is 16.7 Å². The predicted octanol–water partition coefficient (Wildman–Crippen LogP) is 2.41. The van der Waals surface area contributed by atoms with E-state index in [1.165, 1.54) is 11.2 Å². The van der Waals surface area contributed by atoms with E-state index in [2.05, 4.69) is 40.8 Å². The summed E-state index contributed by atoms with van der Waals surface area (Å²) in [6.07, 6.45) is 1.94. The van der Waals surface area contributed by atoms with E-state index < -0.39 is 0 Å². The molecule has 2 unspecified atom stereocenters. The molecule has 3 rings (SSSR count). The van der Waals surface area contributed by atoms with Crippen LogP contribution in [0.3, 0.4) is 0 Å². The van der Waals surface area contributed by atoms with Crippen molar-refractivity contribution in [3.63, 3.8) is 0 Å². The summed E-state index contributed by atoms with van der Waals surface area (Å²) in [5.74, 6) is 0. The Morgan fingerprint density at radius 3 is 3.07 bits per heavy atom. The number of rotatable bonds is 0. The zero-order valence-electron chi connectivity index (χ0n) is 8.36. The Balaban J connectivity index is 2.38. The van der Waals surface area contributed by atoms with Crippen LogP contribution in [0.5, 0.6) is 0 Å². The van der Waals surface area contributed by atoms with Crippen molar-refractivity contribution in [1.29, 1.82) is 0 Å². The maximum absolute atomic E-state index is 4.40. The molecule has 3 nitrogen and oxygen atoms in total. The second-order valence-electron chi connectivity index (χ2n) is 4.00. The molecule has 3 heteroatoms. The number of benzene rings is 1. The molecule has 0 saturated heterocycles. The lowest BCUT2D eigenvalue weighted by atomic mass is 10.1. The molecule has 0 saturated carbocycles. The van der Waals surface area contributed by atoms with Crippen LogP contribution >= 0.6 is 0 Å². The van der Waals surface area contributed by atoms with Gasteiger partial charge in [-0.2, -0.15) is 0 Å². The molecule has 14 heavy (non-hydrogen) atoms. The molecule has 2 heterocycles. The van der Waals surface area contributed by atoms with Crippen LogP contribution < -0.4 is 5.32 Å². The first-order chi connectivity index (χ1) is 6.77. The highest BCUT2D eigenvalue weighted by Crippen LogP contribution is 2.32. The maximum atomic E-state index is 4.40. The Bertz CT molecular complexity index is 486. The van der Waals surface area contributed by atoms with E-state index in [0.29, 0.717) is 12.1 Å². The first-order valence-electron chi connectivity index (χ1n) is 4.99. The second kappa shape index (κ2) is 2.50. The fourth-order valence-corrected chi connectivity index (χ4v) is 2.12. The first-order valence-corrected chi connectivity index (χ1v) is 4.99. The molecular weight excluding hydrogens is 174 g/mol. The highest BCUT2D eigenvalue weighted by atomic mass is 15.2. The van der Waals surface area contributed by atoms with Crippen molar-refractivity contribution in [1.82, 2.24) is 9.55 Å². The molecule has 1 aromatic carbocycles. The summed E-state index contributed by atoms with van der Waals surface area (Å²) >= 11 is 0. The van der Waals surface area contributed by atoms with Gasteiger partial charge in [-0.1, -0.05) is 6.07 Å². The molecule has 0 amide bonds. The van der Waals surface area contributed by atoms with Crippen LogP contribution in [0.4, 0.5) is 5.69 Å². The largest absolute Gasteiger partial charge is 0.379 e. The van der Waals surface area contributed by atoms with Gasteiger partial charge < -0.3 is 9.88 Å².